The zero-order valence-electron chi connectivity index (χ0n) is 29.4. The molecule has 1 heterocycles. The molecule has 0 fully saturated rings. The van der Waals surface area contributed by atoms with Gasteiger partial charge in [0.15, 0.2) is 0 Å². The molecule has 5 aromatic rings. The maximum atomic E-state index is 14.5. The number of nitrogens with zero attached hydrogens (tertiary/aromatic N) is 1. The van der Waals surface area contributed by atoms with Crippen LogP contribution < -0.4 is 14.2 Å². The highest BCUT2D eigenvalue weighted by Gasteiger charge is 2.39. The summed E-state index contributed by atoms with van der Waals surface area (Å²) in [4.78, 5) is 6.17. The quantitative estimate of drug-likeness (QED) is 0.136. The van der Waals surface area contributed by atoms with Crippen molar-refractivity contribution in [2.24, 2.45) is 0 Å². The lowest BCUT2D eigenvalue weighted by molar-refractivity contribution is 0.130. The number of aromatic nitrogens is 1. The summed E-state index contributed by atoms with van der Waals surface area (Å²) in [6.07, 6.45) is 3.44. The Morgan fingerprint density at radius 1 is 0.612 bits per heavy atom. The lowest BCUT2D eigenvalue weighted by atomic mass is 10.2. The van der Waals surface area contributed by atoms with Gasteiger partial charge < -0.3 is 14.2 Å². The van der Waals surface area contributed by atoms with Crippen molar-refractivity contribution in [2.75, 3.05) is 0 Å². The van der Waals surface area contributed by atoms with Crippen molar-refractivity contribution in [1.29, 1.82) is 0 Å². The van der Waals surface area contributed by atoms with Crippen molar-refractivity contribution in [2.45, 2.75) is 92.8 Å². The number of rotatable bonds is 11. The van der Waals surface area contributed by atoms with Gasteiger partial charge in [0, 0.05) is 27.1 Å². The van der Waals surface area contributed by atoms with Crippen LogP contribution in [0.1, 0.15) is 58.2 Å². The SMILES string of the molecule is Cc1ccc(S(=O)(=O)OS(c2ccc(OC(C)(C)C)cc2)(c2ccc(OC(C)(C)C)cc2)c2cccc(OCc3ccncc3)c2)c(C)c1. The average Bonchev–Trinajstić information content (AvgIpc) is 3.02. The molecule has 0 saturated carbocycles. The molecule has 5 rings (SSSR count). The minimum Gasteiger partial charge on any atom is -0.489 e. The number of pyridine rings is 1. The second kappa shape index (κ2) is 14.3. The van der Waals surface area contributed by atoms with Crippen molar-refractivity contribution < 1.29 is 26.3 Å². The third-order valence-electron chi connectivity index (χ3n) is 7.24. The van der Waals surface area contributed by atoms with E-state index in [9.17, 15) is 8.42 Å². The van der Waals surface area contributed by atoms with Crippen LogP contribution in [0.4, 0.5) is 0 Å². The molecule has 9 heteroatoms. The summed E-state index contributed by atoms with van der Waals surface area (Å²) in [7, 11) is -7.31. The minimum absolute atomic E-state index is 0.112. The molecule has 258 valence electrons. The van der Waals surface area contributed by atoms with Crippen LogP contribution >= 0.6 is 10.3 Å². The third-order valence-corrected chi connectivity index (χ3v) is 12.6. The summed E-state index contributed by atoms with van der Waals surface area (Å²) in [6.45, 7) is 15.9. The fourth-order valence-electron chi connectivity index (χ4n) is 5.27. The third kappa shape index (κ3) is 9.03. The highest BCUT2D eigenvalue weighted by Crippen LogP contribution is 2.71. The Morgan fingerprint density at radius 3 is 1.67 bits per heavy atom. The van der Waals surface area contributed by atoms with E-state index in [-0.39, 0.29) is 4.90 Å². The first-order chi connectivity index (χ1) is 23.0. The summed E-state index contributed by atoms with van der Waals surface area (Å²) in [5.74, 6) is 1.88. The van der Waals surface area contributed by atoms with Gasteiger partial charge in [0.2, 0.25) is 0 Å². The topological polar surface area (TPSA) is 84.0 Å². The summed E-state index contributed by atoms with van der Waals surface area (Å²) < 4.78 is 54.3. The highest BCUT2D eigenvalue weighted by atomic mass is 32.3. The van der Waals surface area contributed by atoms with Gasteiger partial charge in [0.1, 0.15) is 35.1 Å². The molecule has 7 nitrogen and oxygen atoms in total. The van der Waals surface area contributed by atoms with Gasteiger partial charge in [-0.25, -0.2) is 3.63 Å². The first kappa shape index (κ1) is 36.0. The van der Waals surface area contributed by atoms with E-state index in [2.05, 4.69) is 4.98 Å². The van der Waals surface area contributed by atoms with Crippen molar-refractivity contribution >= 4 is 20.4 Å². The predicted octanol–water partition coefficient (Wildman–Crippen LogP) is 10.2. The van der Waals surface area contributed by atoms with E-state index in [1.165, 1.54) is 0 Å². The number of aryl methyl sites for hydroxylation is 2. The fourth-order valence-corrected chi connectivity index (χ4v) is 10.7. The van der Waals surface area contributed by atoms with E-state index in [1.54, 1.807) is 31.5 Å². The van der Waals surface area contributed by atoms with Crippen LogP contribution in [-0.4, -0.2) is 24.6 Å². The predicted molar refractivity (Wildman–Crippen MR) is 195 cm³/mol. The van der Waals surface area contributed by atoms with E-state index in [0.717, 1.165) is 11.1 Å². The van der Waals surface area contributed by atoms with Gasteiger partial charge in [-0.15, -0.1) is 0 Å². The normalized spacial score (nSPS) is 12.7. The van der Waals surface area contributed by atoms with Crippen molar-refractivity contribution in [3.8, 4) is 17.2 Å². The Morgan fingerprint density at radius 2 is 1.16 bits per heavy atom. The average molecular weight is 700 g/mol. The molecule has 0 aliphatic rings. The maximum absolute atomic E-state index is 14.5. The standard InChI is InChI=1S/C40H45NO6S2/c1-29-12-21-38(30(2)26-29)49(42,43)47-48(35-17-13-32(14-18-35)45-39(3,4)5,36-19-15-33(16-20-36)46-40(6,7)8)37-11-9-10-34(27-37)44-28-31-22-24-41-25-23-31/h9-27H,28H2,1-8H3. The van der Waals surface area contributed by atoms with Gasteiger partial charge in [0.25, 0.3) is 0 Å². The van der Waals surface area contributed by atoms with E-state index in [1.807, 2.05) is 139 Å². The Kier molecular flexibility index (Phi) is 10.5. The summed E-state index contributed by atoms with van der Waals surface area (Å²) in [5, 5.41) is 0. The first-order valence-corrected chi connectivity index (χ1v) is 19.1. The molecule has 1 aromatic heterocycles. The number of hydrogen-bond donors (Lipinski definition) is 0. The Hall–Kier alpha value is -4.31. The number of benzene rings is 4. The lowest BCUT2D eigenvalue weighted by Gasteiger charge is -2.40. The van der Waals surface area contributed by atoms with Crippen LogP contribution in [0.25, 0.3) is 0 Å². The summed E-state index contributed by atoms with van der Waals surface area (Å²) in [6, 6.07) is 31.5. The molecule has 0 spiro atoms. The molecular formula is C40H45NO6S2. The molecule has 0 atom stereocenters. The molecule has 0 amide bonds. The fraction of sp³-hybridized carbons (Fsp3) is 0.275. The minimum atomic E-state index is -4.33. The zero-order chi connectivity index (χ0) is 35.5. The van der Waals surface area contributed by atoms with Crippen LogP contribution in [0.2, 0.25) is 0 Å². The molecular weight excluding hydrogens is 655 g/mol. The highest BCUT2D eigenvalue weighted by molar-refractivity contribution is 8.33. The van der Waals surface area contributed by atoms with Gasteiger partial charge in [-0.1, -0.05) is 23.8 Å². The number of ether oxygens (including phenoxy) is 3. The largest absolute Gasteiger partial charge is 0.489 e. The van der Waals surface area contributed by atoms with Crippen LogP contribution in [0.5, 0.6) is 17.2 Å². The smallest absolute Gasteiger partial charge is 0.307 e. The molecule has 0 bridgehead atoms. The van der Waals surface area contributed by atoms with Crippen LogP contribution in [0, 0.1) is 13.8 Å². The van der Waals surface area contributed by atoms with Crippen molar-refractivity contribution in [3.63, 3.8) is 0 Å². The summed E-state index contributed by atoms with van der Waals surface area (Å²) >= 11 is 0. The van der Waals surface area contributed by atoms with Crippen molar-refractivity contribution in [1.82, 2.24) is 4.98 Å². The van der Waals surface area contributed by atoms with Gasteiger partial charge in [-0.3, -0.25) is 4.98 Å². The second-order valence-electron chi connectivity index (χ2n) is 13.8. The van der Waals surface area contributed by atoms with E-state index >= 15 is 0 Å². The van der Waals surface area contributed by atoms with E-state index in [0.29, 0.717) is 44.1 Å². The van der Waals surface area contributed by atoms with Crippen LogP contribution in [0.15, 0.2) is 135 Å². The molecule has 0 aliphatic heterocycles. The van der Waals surface area contributed by atoms with Gasteiger partial charge in [0.05, 0.1) is 4.90 Å². The molecule has 4 aromatic carbocycles. The first-order valence-electron chi connectivity index (χ1n) is 16.1. The van der Waals surface area contributed by atoms with Gasteiger partial charge in [-0.2, -0.15) is 8.42 Å². The van der Waals surface area contributed by atoms with Crippen LogP contribution in [-0.2, 0) is 20.4 Å². The lowest BCUT2D eigenvalue weighted by Crippen LogP contribution is -2.23. The van der Waals surface area contributed by atoms with Crippen LogP contribution in [0.3, 0.4) is 0 Å². The molecule has 49 heavy (non-hydrogen) atoms. The monoisotopic (exact) mass is 699 g/mol. The Balaban J connectivity index is 1.73. The van der Waals surface area contributed by atoms with Gasteiger partial charge >= 0.3 is 10.1 Å². The maximum Gasteiger partial charge on any atom is 0.307 e. The molecule has 0 unspecified atom stereocenters. The van der Waals surface area contributed by atoms with Crippen molar-refractivity contribution in [3.05, 3.63) is 132 Å². The Bertz CT molecular complexity index is 1920. The van der Waals surface area contributed by atoms with Gasteiger partial charge in [-0.05, 0) is 162 Å². The second-order valence-corrected chi connectivity index (χ2v) is 18.3. The van der Waals surface area contributed by atoms with E-state index < -0.39 is 31.6 Å². The number of hydrogen-bond acceptors (Lipinski definition) is 7. The van der Waals surface area contributed by atoms with E-state index in [4.69, 9.17) is 17.8 Å². The molecule has 0 radical (unpaired) electrons. The summed E-state index contributed by atoms with van der Waals surface area (Å²) in [5.41, 5.74) is 1.68. The molecule has 0 aliphatic carbocycles. The Labute approximate surface area is 292 Å². The zero-order valence-corrected chi connectivity index (χ0v) is 31.0. The molecule has 0 saturated heterocycles. The molecule has 0 N–H and O–H groups in total.